The average molecular weight is 494 g/mol. The number of amides is 1. The van der Waals surface area contributed by atoms with Crippen LogP contribution in [0.2, 0.25) is 0 Å². The van der Waals surface area contributed by atoms with Crippen molar-refractivity contribution in [3.05, 3.63) is 59.4 Å². The Bertz CT molecular complexity index is 1110. The van der Waals surface area contributed by atoms with Gasteiger partial charge in [0.05, 0.1) is 27.3 Å². The van der Waals surface area contributed by atoms with Crippen molar-refractivity contribution >= 4 is 15.7 Å². The molecule has 180 valence electrons. The molecule has 0 radical (unpaired) electrons. The Kier molecular flexibility index (Phi) is 7.06. The zero-order chi connectivity index (χ0) is 24.4. The molecule has 0 spiro atoms. The fourth-order valence-corrected chi connectivity index (χ4v) is 5.47. The fraction of sp³-hybridized carbons (Fsp3) is 0.429. The van der Waals surface area contributed by atoms with Crippen LogP contribution in [0, 0.1) is 5.92 Å². The number of rotatable bonds is 5. The second kappa shape index (κ2) is 9.32. The van der Waals surface area contributed by atoms with Crippen molar-refractivity contribution in [2.45, 2.75) is 49.0 Å². The van der Waals surface area contributed by atoms with Gasteiger partial charge in [0.25, 0.3) is 5.91 Å². The smallest absolute Gasteiger partial charge is 0.349 e. The minimum absolute atomic E-state index is 0.237. The van der Waals surface area contributed by atoms with Gasteiger partial charge in [0, 0.05) is 18.4 Å². The van der Waals surface area contributed by atoms with Crippen LogP contribution in [-0.4, -0.2) is 31.1 Å². The maximum atomic E-state index is 12.9. The lowest BCUT2D eigenvalue weighted by Gasteiger charge is -2.29. The summed E-state index contributed by atoms with van der Waals surface area (Å²) >= 11 is 0. The highest BCUT2D eigenvalue weighted by molar-refractivity contribution is 7.91. The molecule has 1 saturated carbocycles. The van der Waals surface area contributed by atoms with Gasteiger partial charge in [-0.25, -0.2) is 8.42 Å². The maximum Gasteiger partial charge on any atom is 0.417 e. The number of nitrogens with zero attached hydrogens (tertiary/aromatic N) is 1. The molecule has 0 saturated heterocycles. The van der Waals surface area contributed by atoms with Gasteiger partial charge >= 0.3 is 12.4 Å². The Morgan fingerprint density at radius 3 is 2.18 bits per heavy atom. The van der Waals surface area contributed by atoms with Crippen molar-refractivity contribution in [2.24, 2.45) is 5.92 Å². The van der Waals surface area contributed by atoms with E-state index in [2.05, 4.69) is 10.3 Å². The van der Waals surface area contributed by atoms with Crippen LogP contribution in [0.1, 0.15) is 47.2 Å². The van der Waals surface area contributed by atoms with Gasteiger partial charge in [-0.2, -0.15) is 26.3 Å². The predicted octanol–water partition coefficient (Wildman–Crippen LogP) is 4.88. The predicted molar refractivity (Wildman–Crippen MR) is 106 cm³/mol. The third-order valence-corrected chi connectivity index (χ3v) is 7.37. The van der Waals surface area contributed by atoms with E-state index in [4.69, 9.17) is 0 Å². The molecule has 1 amide bonds. The van der Waals surface area contributed by atoms with Gasteiger partial charge in [-0.15, -0.1) is 0 Å². The van der Waals surface area contributed by atoms with Crippen LogP contribution in [0.25, 0.3) is 0 Å². The van der Waals surface area contributed by atoms with E-state index in [1.807, 2.05) is 0 Å². The number of pyridine rings is 1. The van der Waals surface area contributed by atoms with Crippen molar-refractivity contribution in [1.82, 2.24) is 10.3 Å². The normalized spacial score (nSPS) is 19.8. The maximum absolute atomic E-state index is 12.9. The van der Waals surface area contributed by atoms with Crippen molar-refractivity contribution < 1.29 is 39.6 Å². The zero-order valence-corrected chi connectivity index (χ0v) is 17.9. The SMILES string of the molecule is O=C(N[C@H]1CC[C@H](CS(=O)(=O)c2cccc(C(F)(F)F)c2)CC1)c1cncc(C(F)(F)F)c1. The molecule has 12 heteroatoms. The Morgan fingerprint density at radius 1 is 0.939 bits per heavy atom. The molecule has 0 unspecified atom stereocenters. The van der Waals surface area contributed by atoms with Crippen molar-refractivity contribution in [3.63, 3.8) is 0 Å². The highest BCUT2D eigenvalue weighted by Gasteiger charge is 2.34. The molecule has 5 nitrogen and oxygen atoms in total. The number of carbonyl (C=O) groups is 1. The largest absolute Gasteiger partial charge is 0.417 e. The summed E-state index contributed by atoms with van der Waals surface area (Å²) in [6.07, 6.45) is -6.08. The van der Waals surface area contributed by atoms with Gasteiger partial charge < -0.3 is 5.32 Å². The molecule has 3 rings (SSSR count). The first kappa shape index (κ1) is 25.0. The van der Waals surface area contributed by atoms with Crippen LogP contribution in [0.3, 0.4) is 0 Å². The first-order valence-electron chi connectivity index (χ1n) is 9.99. The second-order valence-corrected chi connectivity index (χ2v) is 9.99. The second-order valence-electron chi connectivity index (χ2n) is 7.96. The number of alkyl halides is 6. The summed E-state index contributed by atoms with van der Waals surface area (Å²) in [5.41, 5.74) is -2.32. The van der Waals surface area contributed by atoms with Gasteiger partial charge in [0.15, 0.2) is 9.84 Å². The molecule has 0 aliphatic heterocycles. The van der Waals surface area contributed by atoms with E-state index >= 15 is 0 Å². The molecular weight excluding hydrogens is 474 g/mol. The van der Waals surface area contributed by atoms with Crippen LogP contribution in [0.5, 0.6) is 0 Å². The van der Waals surface area contributed by atoms with Crippen molar-refractivity contribution in [1.29, 1.82) is 0 Å². The Labute approximate surface area is 186 Å². The Balaban J connectivity index is 1.58. The first-order valence-corrected chi connectivity index (χ1v) is 11.6. The number of benzene rings is 1. The average Bonchev–Trinajstić information content (AvgIpc) is 2.74. The first-order chi connectivity index (χ1) is 15.3. The minimum atomic E-state index is -4.66. The molecule has 0 bridgehead atoms. The fourth-order valence-electron chi connectivity index (χ4n) is 3.73. The van der Waals surface area contributed by atoms with E-state index in [-0.39, 0.29) is 23.3 Å². The standard InChI is InChI=1S/C21H20F6N2O3S/c22-20(23,24)15-2-1-3-18(9-15)33(31,32)12-13-4-6-17(7-5-13)29-19(30)14-8-16(11-28-10-14)21(25,26)27/h1-3,8-11,13,17H,4-7,12H2,(H,29,30)/t13-,17-. The summed E-state index contributed by atoms with van der Waals surface area (Å²) < 4.78 is 102. The van der Waals surface area contributed by atoms with Crippen LogP contribution in [-0.2, 0) is 22.2 Å². The number of carbonyl (C=O) groups excluding carboxylic acids is 1. The van der Waals surface area contributed by atoms with E-state index in [1.165, 1.54) is 0 Å². The van der Waals surface area contributed by atoms with Crippen LogP contribution in [0.15, 0.2) is 47.6 Å². The molecule has 0 atom stereocenters. The third kappa shape index (κ3) is 6.46. The van der Waals surface area contributed by atoms with Gasteiger partial charge in [0.1, 0.15) is 0 Å². The van der Waals surface area contributed by atoms with Gasteiger partial charge in [-0.1, -0.05) is 6.07 Å². The van der Waals surface area contributed by atoms with Gasteiger partial charge in [-0.3, -0.25) is 9.78 Å². The highest BCUT2D eigenvalue weighted by Crippen LogP contribution is 2.33. The number of hydrogen-bond acceptors (Lipinski definition) is 4. The number of aromatic nitrogens is 1. The number of nitrogens with one attached hydrogen (secondary N) is 1. The van der Waals surface area contributed by atoms with E-state index in [1.54, 1.807) is 0 Å². The summed E-state index contributed by atoms with van der Waals surface area (Å²) in [4.78, 5) is 15.3. The number of halogens is 6. The number of hydrogen-bond donors (Lipinski definition) is 1. The molecule has 1 aliphatic rings. The summed E-state index contributed by atoms with van der Waals surface area (Å²) in [5.74, 6) is -1.35. The van der Waals surface area contributed by atoms with E-state index in [9.17, 15) is 39.6 Å². The Morgan fingerprint density at radius 2 is 1.58 bits per heavy atom. The number of sulfone groups is 1. The Hall–Kier alpha value is -2.63. The quantitative estimate of drug-likeness (QED) is 0.601. The van der Waals surface area contributed by atoms with Crippen LogP contribution >= 0.6 is 0 Å². The van der Waals surface area contributed by atoms with Crippen LogP contribution in [0.4, 0.5) is 26.3 Å². The topological polar surface area (TPSA) is 76.1 Å². The molecule has 1 fully saturated rings. The lowest BCUT2D eigenvalue weighted by molar-refractivity contribution is -0.138. The summed E-state index contributed by atoms with van der Waals surface area (Å²) in [5, 5.41) is 2.63. The molecule has 1 heterocycles. The van der Waals surface area contributed by atoms with Crippen molar-refractivity contribution in [3.8, 4) is 0 Å². The molecule has 1 aromatic heterocycles. The van der Waals surface area contributed by atoms with E-state index < -0.39 is 44.1 Å². The molecule has 1 aliphatic carbocycles. The molecule has 1 aromatic carbocycles. The molecule has 2 aromatic rings. The zero-order valence-electron chi connectivity index (χ0n) is 17.1. The summed E-state index contributed by atoms with van der Waals surface area (Å²) in [6, 6.07) is 3.93. The van der Waals surface area contributed by atoms with Crippen LogP contribution < -0.4 is 5.32 Å². The lowest BCUT2D eigenvalue weighted by atomic mass is 9.87. The van der Waals surface area contributed by atoms with E-state index in [0.717, 1.165) is 24.4 Å². The molecule has 33 heavy (non-hydrogen) atoms. The molecular formula is C21H20F6N2O3S. The van der Waals surface area contributed by atoms with Gasteiger partial charge in [-0.05, 0) is 55.9 Å². The highest BCUT2D eigenvalue weighted by atomic mass is 32.2. The lowest BCUT2D eigenvalue weighted by Crippen LogP contribution is -2.38. The van der Waals surface area contributed by atoms with Crippen molar-refractivity contribution in [2.75, 3.05) is 5.75 Å². The summed E-state index contributed by atoms with van der Waals surface area (Å²) in [6.45, 7) is 0. The minimum Gasteiger partial charge on any atom is -0.349 e. The van der Waals surface area contributed by atoms with Gasteiger partial charge in [0.2, 0.25) is 0 Å². The summed E-state index contributed by atoms with van der Waals surface area (Å²) in [7, 11) is -3.95. The van der Waals surface area contributed by atoms with E-state index in [0.29, 0.717) is 44.0 Å². The molecule has 1 N–H and O–H groups in total. The monoisotopic (exact) mass is 494 g/mol. The third-order valence-electron chi connectivity index (χ3n) is 5.49.